The van der Waals surface area contributed by atoms with E-state index in [1.807, 2.05) is 0 Å². The third kappa shape index (κ3) is 5.27. The van der Waals surface area contributed by atoms with Crippen LogP contribution in [0.4, 0.5) is 34.1 Å². The zero-order valence-electron chi connectivity index (χ0n) is 13.7. The van der Waals surface area contributed by atoms with Gasteiger partial charge in [0.25, 0.3) is 0 Å². The van der Waals surface area contributed by atoms with Crippen LogP contribution >= 0.6 is 11.3 Å². The molecule has 0 saturated carbocycles. The number of carbonyl (C=O) groups excluding carboxylic acids is 1. The first-order chi connectivity index (χ1) is 12.8. The normalized spacial score (nSPS) is 11.3. The highest BCUT2D eigenvalue weighted by Gasteiger charge is 2.30. The maximum atomic E-state index is 13.1. The van der Waals surface area contributed by atoms with Gasteiger partial charge in [0.05, 0.1) is 17.7 Å². The molecule has 0 aliphatic heterocycles. The molecule has 3 rings (SSSR count). The maximum Gasteiger partial charge on any atom is 0.416 e. The molecule has 0 spiro atoms. The summed E-state index contributed by atoms with van der Waals surface area (Å²) in [5.74, 6) is -0.842. The van der Waals surface area contributed by atoms with E-state index in [4.69, 9.17) is 0 Å². The molecule has 0 bridgehead atoms. The first-order valence-electron chi connectivity index (χ1n) is 7.74. The number of hydrogen-bond acceptors (Lipinski definition) is 4. The molecular formula is C18H13F4N3OS. The van der Waals surface area contributed by atoms with Crippen LogP contribution in [0.3, 0.4) is 0 Å². The summed E-state index contributed by atoms with van der Waals surface area (Å²) in [6.45, 7) is 0. The van der Waals surface area contributed by atoms with Crippen LogP contribution in [0.25, 0.3) is 0 Å². The van der Waals surface area contributed by atoms with Gasteiger partial charge >= 0.3 is 6.18 Å². The van der Waals surface area contributed by atoms with Crippen LogP contribution in [-0.2, 0) is 17.4 Å². The fourth-order valence-corrected chi connectivity index (χ4v) is 3.01. The van der Waals surface area contributed by atoms with Crippen molar-refractivity contribution in [1.29, 1.82) is 0 Å². The van der Waals surface area contributed by atoms with Crippen molar-refractivity contribution in [2.24, 2.45) is 0 Å². The number of thiazole rings is 1. The molecule has 0 radical (unpaired) electrons. The minimum Gasteiger partial charge on any atom is -0.332 e. The number of rotatable bonds is 5. The number of aromatic nitrogens is 1. The number of carbonyl (C=O) groups is 1. The maximum absolute atomic E-state index is 13.1. The van der Waals surface area contributed by atoms with Gasteiger partial charge in [-0.3, -0.25) is 4.79 Å². The fraction of sp³-hybridized carbons (Fsp3) is 0.111. The zero-order chi connectivity index (χ0) is 19.4. The van der Waals surface area contributed by atoms with Crippen LogP contribution in [0.1, 0.15) is 11.3 Å². The van der Waals surface area contributed by atoms with E-state index in [0.29, 0.717) is 16.5 Å². The fourth-order valence-electron chi connectivity index (χ4n) is 2.28. The molecule has 27 heavy (non-hydrogen) atoms. The number of alkyl halides is 3. The van der Waals surface area contributed by atoms with Crippen LogP contribution in [0.2, 0.25) is 0 Å². The predicted octanol–water partition coefficient (Wildman–Crippen LogP) is 5.23. The Morgan fingerprint density at radius 2 is 1.81 bits per heavy atom. The van der Waals surface area contributed by atoms with Crippen LogP contribution in [-0.4, -0.2) is 10.9 Å². The number of amides is 1. The van der Waals surface area contributed by atoms with Crippen LogP contribution in [0.5, 0.6) is 0 Å². The van der Waals surface area contributed by atoms with Gasteiger partial charge in [-0.2, -0.15) is 13.2 Å². The second kappa shape index (κ2) is 7.75. The smallest absolute Gasteiger partial charge is 0.332 e. The standard InChI is InChI=1S/C18H13F4N3OS/c19-12-4-2-6-14(8-12)23-16(26)9-15-10-27-17(25-15)24-13-5-1-3-11(7-13)18(20,21)22/h1-8,10H,9H2,(H,23,26)(H,24,25). The minimum absolute atomic E-state index is 0.0444. The van der Waals surface area contributed by atoms with Crippen molar-refractivity contribution in [3.8, 4) is 0 Å². The lowest BCUT2D eigenvalue weighted by Crippen LogP contribution is -2.14. The molecule has 0 saturated heterocycles. The molecule has 1 amide bonds. The highest BCUT2D eigenvalue weighted by Crippen LogP contribution is 2.31. The summed E-state index contributed by atoms with van der Waals surface area (Å²) in [7, 11) is 0. The molecule has 1 heterocycles. The van der Waals surface area contributed by atoms with Crippen LogP contribution < -0.4 is 10.6 Å². The molecule has 9 heteroatoms. The van der Waals surface area contributed by atoms with Crippen molar-refractivity contribution in [2.75, 3.05) is 10.6 Å². The van der Waals surface area contributed by atoms with Gasteiger partial charge in [-0.15, -0.1) is 11.3 Å². The Hall–Kier alpha value is -2.94. The van der Waals surface area contributed by atoms with Crippen molar-refractivity contribution in [3.05, 3.63) is 71.0 Å². The van der Waals surface area contributed by atoms with E-state index in [9.17, 15) is 22.4 Å². The Kier molecular flexibility index (Phi) is 5.41. The van der Waals surface area contributed by atoms with E-state index >= 15 is 0 Å². The van der Waals surface area contributed by atoms with E-state index in [1.54, 1.807) is 11.4 Å². The molecule has 2 N–H and O–H groups in total. The molecule has 0 aliphatic carbocycles. The monoisotopic (exact) mass is 395 g/mol. The molecule has 2 aromatic carbocycles. The molecule has 1 aromatic heterocycles. The summed E-state index contributed by atoms with van der Waals surface area (Å²) >= 11 is 1.16. The highest BCUT2D eigenvalue weighted by molar-refractivity contribution is 7.13. The van der Waals surface area contributed by atoms with Gasteiger partial charge in [0.15, 0.2) is 5.13 Å². The van der Waals surface area contributed by atoms with E-state index in [-0.39, 0.29) is 18.0 Å². The SMILES string of the molecule is O=C(Cc1csc(Nc2cccc(C(F)(F)F)c2)n1)Nc1cccc(F)c1. The third-order valence-corrected chi connectivity index (χ3v) is 4.25. The Bertz CT molecular complexity index is 956. The quantitative estimate of drug-likeness (QED) is 0.582. The average molecular weight is 395 g/mol. The lowest BCUT2D eigenvalue weighted by Gasteiger charge is -2.09. The largest absolute Gasteiger partial charge is 0.416 e. The van der Waals surface area contributed by atoms with E-state index in [0.717, 1.165) is 23.5 Å². The summed E-state index contributed by atoms with van der Waals surface area (Å²) in [6.07, 6.45) is -4.47. The number of benzene rings is 2. The molecule has 0 fully saturated rings. The Morgan fingerprint density at radius 3 is 2.56 bits per heavy atom. The minimum atomic E-state index is -4.43. The topological polar surface area (TPSA) is 54.0 Å². The lowest BCUT2D eigenvalue weighted by molar-refractivity contribution is -0.137. The van der Waals surface area contributed by atoms with E-state index < -0.39 is 17.6 Å². The van der Waals surface area contributed by atoms with Gasteiger partial charge in [0.2, 0.25) is 5.91 Å². The first-order valence-corrected chi connectivity index (χ1v) is 8.62. The average Bonchev–Trinajstić information content (AvgIpc) is 3.01. The Morgan fingerprint density at radius 1 is 1.07 bits per heavy atom. The Balaban J connectivity index is 1.62. The number of nitrogens with one attached hydrogen (secondary N) is 2. The summed E-state index contributed by atoms with van der Waals surface area (Å²) in [4.78, 5) is 16.2. The Labute approximate surface area is 155 Å². The zero-order valence-corrected chi connectivity index (χ0v) is 14.5. The van der Waals surface area contributed by atoms with Crippen LogP contribution in [0, 0.1) is 5.82 Å². The number of halogens is 4. The second-order valence-corrected chi connectivity index (χ2v) is 6.44. The van der Waals surface area contributed by atoms with Gasteiger partial charge in [0.1, 0.15) is 5.82 Å². The molecule has 140 valence electrons. The van der Waals surface area contributed by atoms with Crippen molar-refractivity contribution in [3.63, 3.8) is 0 Å². The van der Waals surface area contributed by atoms with E-state index in [1.165, 1.54) is 30.3 Å². The lowest BCUT2D eigenvalue weighted by atomic mass is 10.2. The molecular weight excluding hydrogens is 382 g/mol. The summed E-state index contributed by atoms with van der Waals surface area (Å²) in [6, 6.07) is 10.3. The second-order valence-electron chi connectivity index (χ2n) is 5.58. The summed E-state index contributed by atoms with van der Waals surface area (Å²) in [5, 5.41) is 7.34. The van der Waals surface area contributed by atoms with Crippen molar-refractivity contribution in [2.45, 2.75) is 12.6 Å². The number of nitrogens with zero attached hydrogens (tertiary/aromatic N) is 1. The highest BCUT2D eigenvalue weighted by atomic mass is 32.1. The van der Waals surface area contributed by atoms with Crippen molar-refractivity contribution < 1.29 is 22.4 Å². The van der Waals surface area contributed by atoms with Crippen LogP contribution in [0.15, 0.2) is 53.9 Å². The van der Waals surface area contributed by atoms with Crippen molar-refractivity contribution >= 4 is 33.8 Å². The molecule has 0 atom stereocenters. The van der Waals surface area contributed by atoms with Crippen molar-refractivity contribution in [1.82, 2.24) is 4.98 Å². The third-order valence-electron chi connectivity index (χ3n) is 3.44. The molecule has 0 unspecified atom stereocenters. The van der Waals surface area contributed by atoms with Gasteiger partial charge in [0, 0.05) is 16.8 Å². The molecule has 4 nitrogen and oxygen atoms in total. The predicted molar refractivity (Wildman–Crippen MR) is 95.6 cm³/mol. The summed E-state index contributed by atoms with van der Waals surface area (Å²) < 4.78 is 51.4. The van der Waals surface area contributed by atoms with Gasteiger partial charge in [-0.1, -0.05) is 12.1 Å². The van der Waals surface area contributed by atoms with Gasteiger partial charge in [-0.25, -0.2) is 9.37 Å². The first kappa shape index (κ1) is 18.8. The summed E-state index contributed by atoms with van der Waals surface area (Å²) in [5.41, 5.74) is 0.259. The van der Waals surface area contributed by atoms with E-state index in [2.05, 4.69) is 15.6 Å². The number of hydrogen-bond donors (Lipinski definition) is 2. The van der Waals surface area contributed by atoms with Gasteiger partial charge < -0.3 is 10.6 Å². The number of anilines is 3. The molecule has 0 aliphatic rings. The molecule has 3 aromatic rings. The van der Waals surface area contributed by atoms with Gasteiger partial charge in [-0.05, 0) is 36.4 Å².